The number of carbonyl (C=O) groups is 4. The second kappa shape index (κ2) is 6.16. The lowest BCUT2D eigenvalue weighted by Crippen LogP contribution is -2.38. The standard InChI is InChI=1S/C19H19NO5S/c1-9-5-13(10(2)26-9)14(21)8-25-15(22)7-20-18(23)16-11-3-4-12(6-11)17(16)19(20)24/h3-5,11-12,16-17H,6-8H2,1-2H3/t11-,12-,16-,17-/m0/s1. The van der Waals surface area contributed by atoms with E-state index >= 15 is 0 Å². The first-order chi connectivity index (χ1) is 12.4. The van der Waals surface area contributed by atoms with Gasteiger partial charge in [0, 0.05) is 15.3 Å². The molecular weight excluding hydrogens is 354 g/mol. The highest BCUT2D eigenvalue weighted by Gasteiger charge is 2.59. The number of rotatable bonds is 5. The molecule has 0 unspecified atom stereocenters. The molecule has 0 radical (unpaired) electrons. The molecule has 2 heterocycles. The number of hydrogen-bond donors (Lipinski definition) is 0. The number of carbonyl (C=O) groups excluding carboxylic acids is 4. The number of ketones is 1. The van der Waals surface area contributed by atoms with Gasteiger partial charge in [0.15, 0.2) is 6.61 Å². The fourth-order valence-electron chi connectivity index (χ4n) is 4.43. The van der Waals surface area contributed by atoms with Crippen molar-refractivity contribution in [1.82, 2.24) is 4.90 Å². The molecule has 7 heteroatoms. The van der Waals surface area contributed by atoms with E-state index in [1.807, 2.05) is 26.0 Å². The van der Waals surface area contributed by atoms with Gasteiger partial charge in [0.1, 0.15) is 6.54 Å². The third-order valence-corrected chi connectivity index (χ3v) is 6.52. The van der Waals surface area contributed by atoms with Crippen LogP contribution in [0.15, 0.2) is 18.2 Å². The van der Waals surface area contributed by atoms with Crippen LogP contribution in [0.3, 0.4) is 0 Å². The van der Waals surface area contributed by atoms with E-state index in [4.69, 9.17) is 4.74 Å². The van der Waals surface area contributed by atoms with Gasteiger partial charge in [0.25, 0.3) is 0 Å². The minimum atomic E-state index is -0.732. The van der Waals surface area contributed by atoms with Crippen molar-refractivity contribution in [2.75, 3.05) is 13.2 Å². The molecule has 4 rings (SSSR count). The predicted molar refractivity (Wildman–Crippen MR) is 93.5 cm³/mol. The number of Topliss-reactive ketones (excluding diaryl/α,β-unsaturated/α-hetero) is 1. The molecule has 2 amide bonds. The number of hydrogen-bond acceptors (Lipinski definition) is 6. The van der Waals surface area contributed by atoms with Gasteiger partial charge in [-0.2, -0.15) is 0 Å². The largest absolute Gasteiger partial charge is 0.456 e. The van der Waals surface area contributed by atoms with E-state index in [-0.39, 0.29) is 47.9 Å². The third-order valence-electron chi connectivity index (χ3n) is 5.55. The molecule has 3 aliphatic rings. The second-order valence-corrected chi connectivity index (χ2v) is 8.63. The molecule has 0 aromatic carbocycles. The number of esters is 1. The molecular formula is C19H19NO5S. The van der Waals surface area contributed by atoms with Crippen molar-refractivity contribution in [1.29, 1.82) is 0 Å². The zero-order valence-corrected chi connectivity index (χ0v) is 15.4. The summed E-state index contributed by atoms with van der Waals surface area (Å²) >= 11 is 1.51. The Bertz CT molecular complexity index is 824. The molecule has 26 heavy (non-hydrogen) atoms. The second-order valence-electron chi connectivity index (χ2n) is 7.17. The molecule has 0 N–H and O–H groups in total. The van der Waals surface area contributed by atoms with E-state index in [2.05, 4.69) is 0 Å². The van der Waals surface area contributed by atoms with E-state index in [0.717, 1.165) is 21.1 Å². The number of fused-ring (bicyclic) bond motifs is 5. The minimum Gasteiger partial charge on any atom is -0.456 e. The van der Waals surface area contributed by atoms with Gasteiger partial charge in [-0.3, -0.25) is 24.1 Å². The van der Waals surface area contributed by atoms with Gasteiger partial charge in [-0.05, 0) is 38.2 Å². The van der Waals surface area contributed by atoms with Gasteiger partial charge in [-0.25, -0.2) is 0 Å². The van der Waals surface area contributed by atoms with Crippen molar-refractivity contribution in [3.63, 3.8) is 0 Å². The first-order valence-electron chi connectivity index (χ1n) is 8.66. The van der Waals surface area contributed by atoms with Crippen LogP contribution in [0, 0.1) is 37.5 Å². The maximum Gasteiger partial charge on any atom is 0.326 e. The first kappa shape index (κ1) is 17.1. The quantitative estimate of drug-likeness (QED) is 0.341. The lowest BCUT2D eigenvalue weighted by atomic mass is 9.85. The SMILES string of the molecule is Cc1cc(C(=O)COC(=O)CN2C(=O)[C@@H]3[C@@H](C2=O)[C@H]2C=C[C@H]3C2)c(C)s1. The number of nitrogens with zero attached hydrogens (tertiary/aromatic N) is 1. The minimum absolute atomic E-state index is 0.105. The fraction of sp³-hybridized carbons (Fsp3) is 0.474. The molecule has 2 fully saturated rings. The van der Waals surface area contributed by atoms with Crippen molar-refractivity contribution in [2.45, 2.75) is 20.3 Å². The smallest absolute Gasteiger partial charge is 0.326 e. The Morgan fingerprint density at radius 2 is 1.77 bits per heavy atom. The van der Waals surface area contributed by atoms with Crippen molar-refractivity contribution >= 4 is 34.9 Å². The highest BCUT2D eigenvalue weighted by molar-refractivity contribution is 7.12. The molecule has 1 aliphatic heterocycles. The molecule has 2 bridgehead atoms. The Morgan fingerprint density at radius 3 is 2.31 bits per heavy atom. The Labute approximate surface area is 154 Å². The summed E-state index contributed by atoms with van der Waals surface area (Å²) in [6.45, 7) is 2.95. The Hall–Kier alpha value is -2.28. The molecule has 4 atom stereocenters. The molecule has 2 aliphatic carbocycles. The summed E-state index contributed by atoms with van der Waals surface area (Å²) in [6.07, 6.45) is 4.85. The summed E-state index contributed by atoms with van der Waals surface area (Å²) in [4.78, 5) is 52.2. The maximum absolute atomic E-state index is 12.5. The van der Waals surface area contributed by atoms with Gasteiger partial charge in [-0.15, -0.1) is 11.3 Å². The van der Waals surface area contributed by atoms with Gasteiger partial charge in [0.2, 0.25) is 17.6 Å². The summed E-state index contributed by atoms with van der Waals surface area (Å²) in [6, 6.07) is 1.77. The number of thiophene rings is 1. The van der Waals surface area contributed by atoms with Gasteiger partial charge < -0.3 is 4.74 Å². The van der Waals surface area contributed by atoms with Crippen LogP contribution in [0.25, 0.3) is 0 Å². The van der Waals surface area contributed by atoms with Crippen molar-refractivity contribution in [3.05, 3.63) is 33.5 Å². The van der Waals surface area contributed by atoms with Gasteiger partial charge >= 0.3 is 5.97 Å². The highest BCUT2D eigenvalue weighted by Crippen LogP contribution is 2.52. The molecule has 0 spiro atoms. The van der Waals surface area contributed by atoms with Crippen molar-refractivity contribution in [3.8, 4) is 0 Å². The number of allylic oxidation sites excluding steroid dienone is 2. The number of imide groups is 1. The average molecular weight is 373 g/mol. The van der Waals surface area contributed by atoms with Crippen LogP contribution in [0.1, 0.15) is 26.5 Å². The summed E-state index contributed by atoms with van der Waals surface area (Å²) in [7, 11) is 0. The van der Waals surface area contributed by atoms with Crippen molar-refractivity contribution in [2.24, 2.45) is 23.7 Å². The zero-order valence-electron chi connectivity index (χ0n) is 14.6. The summed E-state index contributed by atoms with van der Waals surface area (Å²) in [5, 5.41) is 0. The molecule has 6 nitrogen and oxygen atoms in total. The topological polar surface area (TPSA) is 80.8 Å². The van der Waals surface area contributed by atoms with Crippen LogP contribution in [0.4, 0.5) is 0 Å². The third kappa shape index (κ3) is 2.61. The van der Waals surface area contributed by atoms with Crippen LogP contribution in [0.5, 0.6) is 0 Å². The van der Waals surface area contributed by atoms with Gasteiger partial charge in [0.05, 0.1) is 11.8 Å². The lowest BCUT2D eigenvalue weighted by molar-refractivity contribution is -0.152. The molecule has 136 valence electrons. The average Bonchev–Trinajstić information content (AvgIpc) is 3.33. The van der Waals surface area contributed by atoms with E-state index < -0.39 is 12.5 Å². The number of ether oxygens (including phenoxy) is 1. The molecule has 1 aromatic rings. The van der Waals surface area contributed by atoms with Gasteiger partial charge in [-0.1, -0.05) is 12.2 Å². The fourth-order valence-corrected chi connectivity index (χ4v) is 5.37. The molecule has 1 saturated carbocycles. The Balaban J connectivity index is 1.36. The monoisotopic (exact) mass is 373 g/mol. The van der Waals surface area contributed by atoms with Crippen LogP contribution < -0.4 is 0 Å². The van der Waals surface area contributed by atoms with Crippen molar-refractivity contribution < 1.29 is 23.9 Å². The Kier molecular flexibility index (Phi) is 4.06. The lowest BCUT2D eigenvalue weighted by Gasteiger charge is -2.16. The number of aryl methyl sites for hydroxylation is 2. The van der Waals surface area contributed by atoms with Crippen LogP contribution in [-0.4, -0.2) is 41.6 Å². The van der Waals surface area contributed by atoms with E-state index in [1.54, 1.807) is 6.07 Å². The molecule has 1 saturated heterocycles. The van der Waals surface area contributed by atoms with Crippen LogP contribution in [0.2, 0.25) is 0 Å². The van der Waals surface area contributed by atoms with E-state index in [9.17, 15) is 19.2 Å². The summed E-state index contributed by atoms with van der Waals surface area (Å²) in [5.74, 6) is -2.04. The zero-order chi connectivity index (χ0) is 18.6. The summed E-state index contributed by atoms with van der Waals surface area (Å²) in [5.41, 5.74) is 0.547. The number of amides is 2. The predicted octanol–water partition coefficient (Wildman–Crippen LogP) is 1.90. The number of likely N-dealkylation sites (tertiary alicyclic amines) is 1. The maximum atomic E-state index is 12.5. The normalized spacial score (nSPS) is 28.8. The molecule has 1 aromatic heterocycles. The van der Waals surface area contributed by atoms with Crippen LogP contribution in [-0.2, 0) is 19.1 Å². The summed E-state index contributed by atoms with van der Waals surface area (Å²) < 4.78 is 5.03. The first-order valence-corrected chi connectivity index (χ1v) is 9.48. The highest BCUT2D eigenvalue weighted by atomic mass is 32.1. The Morgan fingerprint density at radius 1 is 1.15 bits per heavy atom. The van der Waals surface area contributed by atoms with E-state index in [1.165, 1.54) is 11.3 Å². The van der Waals surface area contributed by atoms with E-state index in [0.29, 0.717) is 5.56 Å². The van der Waals surface area contributed by atoms with Crippen LogP contribution >= 0.6 is 11.3 Å².